The van der Waals surface area contributed by atoms with E-state index in [4.69, 9.17) is 15.7 Å². The molecule has 4 rings (SSSR count). The molecule has 28 heavy (non-hydrogen) atoms. The number of hydrogen-bond donors (Lipinski definition) is 1. The van der Waals surface area contributed by atoms with Gasteiger partial charge in [0.1, 0.15) is 16.5 Å². The number of likely N-dealkylation sites (tertiary alicyclic amines) is 1. The highest BCUT2D eigenvalue weighted by molar-refractivity contribution is 7.18. The highest BCUT2D eigenvalue weighted by Gasteiger charge is 2.27. The Labute approximate surface area is 171 Å². The number of aryl methyl sites for hydroxylation is 2. The van der Waals surface area contributed by atoms with Crippen molar-refractivity contribution in [3.8, 4) is 0 Å². The second-order valence-electron chi connectivity index (χ2n) is 8.55. The Kier molecular flexibility index (Phi) is 5.56. The van der Waals surface area contributed by atoms with E-state index in [1.54, 1.807) is 11.3 Å². The molecular formula is C21H31N5OS. The van der Waals surface area contributed by atoms with Gasteiger partial charge in [0.15, 0.2) is 0 Å². The molecule has 0 saturated carbocycles. The van der Waals surface area contributed by atoms with E-state index in [-0.39, 0.29) is 11.8 Å². The van der Waals surface area contributed by atoms with E-state index in [0.29, 0.717) is 0 Å². The first-order chi connectivity index (χ1) is 13.4. The van der Waals surface area contributed by atoms with Crippen LogP contribution in [0.1, 0.15) is 48.9 Å². The molecule has 7 heteroatoms. The fourth-order valence-corrected chi connectivity index (χ4v) is 5.41. The lowest BCUT2D eigenvalue weighted by Crippen LogP contribution is -2.39. The molecule has 0 bridgehead atoms. The van der Waals surface area contributed by atoms with Crippen molar-refractivity contribution >= 4 is 33.3 Å². The number of carbonyl (C=O) groups excluding carboxylic acids is 1. The van der Waals surface area contributed by atoms with Gasteiger partial charge in [-0.15, -0.1) is 11.3 Å². The molecule has 2 fully saturated rings. The summed E-state index contributed by atoms with van der Waals surface area (Å²) in [5, 5.41) is 1.19. The molecule has 0 unspecified atom stereocenters. The van der Waals surface area contributed by atoms with Crippen molar-refractivity contribution in [3.05, 3.63) is 16.3 Å². The Hall–Kier alpha value is -1.73. The number of carbonyl (C=O) groups is 1. The van der Waals surface area contributed by atoms with Crippen molar-refractivity contribution in [2.24, 2.45) is 17.6 Å². The van der Waals surface area contributed by atoms with Gasteiger partial charge in [-0.25, -0.2) is 9.97 Å². The summed E-state index contributed by atoms with van der Waals surface area (Å²) >= 11 is 1.77. The number of amides is 1. The quantitative estimate of drug-likeness (QED) is 0.851. The molecule has 0 radical (unpaired) electrons. The Morgan fingerprint density at radius 3 is 2.43 bits per heavy atom. The van der Waals surface area contributed by atoms with Crippen LogP contribution in [-0.2, 0) is 11.3 Å². The van der Waals surface area contributed by atoms with Crippen LogP contribution < -0.4 is 10.6 Å². The van der Waals surface area contributed by atoms with Crippen molar-refractivity contribution in [2.45, 2.75) is 53.0 Å². The summed E-state index contributed by atoms with van der Waals surface area (Å²) in [6.45, 7) is 11.4. The number of nitrogens with zero attached hydrogens (tertiary/aromatic N) is 4. The maximum atomic E-state index is 11.5. The zero-order valence-electron chi connectivity index (χ0n) is 17.2. The smallest absolute Gasteiger partial charge is 0.220 e. The van der Waals surface area contributed by atoms with Gasteiger partial charge in [-0.1, -0.05) is 6.92 Å². The molecule has 1 amide bonds. The normalized spacial score (nSPS) is 20.2. The maximum Gasteiger partial charge on any atom is 0.220 e. The van der Waals surface area contributed by atoms with Gasteiger partial charge < -0.3 is 10.6 Å². The van der Waals surface area contributed by atoms with Gasteiger partial charge >= 0.3 is 0 Å². The summed E-state index contributed by atoms with van der Waals surface area (Å²) in [5.74, 6) is 2.62. The Morgan fingerprint density at radius 1 is 1.11 bits per heavy atom. The second kappa shape index (κ2) is 7.95. The summed E-state index contributed by atoms with van der Waals surface area (Å²) in [6, 6.07) is 0. The van der Waals surface area contributed by atoms with Crippen LogP contribution >= 0.6 is 11.3 Å². The molecule has 0 aromatic carbocycles. The number of thiophene rings is 1. The summed E-state index contributed by atoms with van der Waals surface area (Å²) in [7, 11) is 0. The molecule has 4 heterocycles. The van der Waals surface area contributed by atoms with Crippen molar-refractivity contribution in [2.75, 3.05) is 31.1 Å². The fraction of sp³-hybridized carbons (Fsp3) is 0.667. The van der Waals surface area contributed by atoms with Gasteiger partial charge in [-0.05, 0) is 64.1 Å². The third-order valence-electron chi connectivity index (χ3n) is 6.49. The average Bonchev–Trinajstić information content (AvgIpc) is 2.97. The molecule has 0 aliphatic carbocycles. The van der Waals surface area contributed by atoms with E-state index in [2.05, 4.69) is 30.6 Å². The number of primary amides is 1. The minimum atomic E-state index is -0.171. The van der Waals surface area contributed by atoms with Gasteiger partial charge in [0.05, 0.1) is 11.9 Å². The SMILES string of the molecule is Cc1sc2nc(CN3CCC(C)CC3)nc(N3CCC(C(N)=O)CC3)c2c1C. The second-order valence-corrected chi connectivity index (χ2v) is 9.75. The van der Waals surface area contributed by atoms with Crippen LogP contribution in [0.4, 0.5) is 5.82 Å². The van der Waals surface area contributed by atoms with E-state index in [1.807, 2.05) is 0 Å². The molecule has 152 valence electrons. The van der Waals surface area contributed by atoms with E-state index in [0.717, 1.165) is 68.0 Å². The van der Waals surface area contributed by atoms with Gasteiger partial charge in [0.25, 0.3) is 0 Å². The molecule has 0 spiro atoms. The van der Waals surface area contributed by atoms with Gasteiger partial charge in [0, 0.05) is 23.9 Å². The van der Waals surface area contributed by atoms with E-state index >= 15 is 0 Å². The Morgan fingerprint density at radius 2 is 1.79 bits per heavy atom. The number of anilines is 1. The van der Waals surface area contributed by atoms with Crippen molar-refractivity contribution in [1.29, 1.82) is 0 Å². The first kappa shape index (κ1) is 19.6. The largest absolute Gasteiger partial charge is 0.369 e. The van der Waals surface area contributed by atoms with Crippen molar-refractivity contribution in [1.82, 2.24) is 14.9 Å². The zero-order chi connectivity index (χ0) is 19.8. The highest BCUT2D eigenvalue weighted by atomic mass is 32.1. The van der Waals surface area contributed by atoms with Crippen LogP contribution in [0.25, 0.3) is 10.2 Å². The predicted octanol–water partition coefficient (Wildman–Crippen LogP) is 3.24. The van der Waals surface area contributed by atoms with Crippen LogP contribution in [0, 0.1) is 25.7 Å². The number of nitrogens with two attached hydrogens (primary N) is 1. The molecule has 0 atom stereocenters. The minimum absolute atomic E-state index is 0.00584. The molecule has 2 aromatic rings. The van der Waals surface area contributed by atoms with Gasteiger partial charge in [-0.3, -0.25) is 9.69 Å². The lowest BCUT2D eigenvalue weighted by Gasteiger charge is -2.33. The third-order valence-corrected chi connectivity index (χ3v) is 7.60. The van der Waals surface area contributed by atoms with Crippen molar-refractivity contribution < 1.29 is 4.79 Å². The summed E-state index contributed by atoms with van der Waals surface area (Å²) in [4.78, 5) is 28.7. The number of fused-ring (bicyclic) bond motifs is 1. The zero-order valence-corrected chi connectivity index (χ0v) is 18.0. The van der Waals surface area contributed by atoms with Gasteiger partial charge in [-0.2, -0.15) is 0 Å². The molecule has 2 aromatic heterocycles. The number of hydrogen-bond acceptors (Lipinski definition) is 6. The van der Waals surface area contributed by atoms with Crippen LogP contribution in [-0.4, -0.2) is 47.0 Å². The summed E-state index contributed by atoms with van der Waals surface area (Å²) in [5.41, 5.74) is 6.80. The van der Waals surface area contributed by atoms with E-state index < -0.39 is 0 Å². The van der Waals surface area contributed by atoms with Crippen LogP contribution in [0.5, 0.6) is 0 Å². The summed E-state index contributed by atoms with van der Waals surface area (Å²) < 4.78 is 0. The number of rotatable bonds is 4. The lowest BCUT2D eigenvalue weighted by atomic mass is 9.96. The fourth-order valence-electron chi connectivity index (χ4n) is 4.37. The third kappa shape index (κ3) is 3.87. The molecule has 2 N–H and O–H groups in total. The predicted molar refractivity (Wildman–Crippen MR) is 115 cm³/mol. The van der Waals surface area contributed by atoms with Crippen LogP contribution in [0.2, 0.25) is 0 Å². The lowest BCUT2D eigenvalue weighted by molar-refractivity contribution is -0.122. The number of aromatic nitrogens is 2. The summed E-state index contributed by atoms with van der Waals surface area (Å²) in [6.07, 6.45) is 4.13. The minimum Gasteiger partial charge on any atom is -0.369 e. The topological polar surface area (TPSA) is 75.3 Å². The maximum absolute atomic E-state index is 11.5. The standard InChI is InChI=1S/C21H31N5OS/c1-13-4-8-25(9-5-13)12-17-23-20(18-14(2)15(3)28-21(18)24-17)26-10-6-16(7-11-26)19(22)27/h13,16H,4-12H2,1-3H3,(H2,22,27). The van der Waals surface area contributed by atoms with E-state index in [9.17, 15) is 4.79 Å². The molecular weight excluding hydrogens is 370 g/mol. The van der Waals surface area contributed by atoms with Crippen LogP contribution in [0.15, 0.2) is 0 Å². The van der Waals surface area contributed by atoms with Gasteiger partial charge in [0.2, 0.25) is 5.91 Å². The monoisotopic (exact) mass is 401 g/mol. The average molecular weight is 402 g/mol. The molecule has 2 saturated heterocycles. The first-order valence-electron chi connectivity index (χ1n) is 10.5. The Balaban J connectivity index is 1.63. The highest BCUT2D eigenvalue weighted by Crippen LogP contribution is 2.36. The van der Waals surface area contributed by atoms with E-state index in [1.165, 1.54) is 28.7 Å². The molecule has 2 aliphatic rings. The molecule has 6 nitrogen and oxygen atoms in total. The molecule has 2 aliphatic heterocycles. The van der Waals surface area contributed by atoms with Crippen molar-refractivity contribution in [3.63, 3.8) is 0 Å². The van der Waals surface area contributed by atoms with Crippen LogP contribution in [0.3, 0.4) is 0 Å². The Bertz CT molecular complexity index is 863. The first-order valence-corrected chi connectivity index (χ1v) is 11.3. The number of piperidine rings is 2.